The smallest absolute Gasteiger partial charge is 0.161 e. The summed E-state index contributed by atoms with van der Waals surface area (Å²) in [5.74, 6) is 2.39. The molecule has 2 aliphatic rings. The van der Waals surface area contributed by atoms with E-state index in [0.717, 1.165) is 59.5 Å². The largest absolute Gasteiger partial charge is 0.356 e. The maximum absolute atomic E-state index is 13.4. The van der Waals surface area contributed by atoms with Crippen molar-refractivity contribution in [3.8, 4) is 28.3 Å². The third kappa shape index (κ3) is 3.62. The molecule has 0 bridgehead atoms. The van der Waals surface area contributed by atoms with Crippen molar-refractivity contribution < 1.29 is 4.39 Å². The number of hydrogen-bond acceptors (Lipinski definition) is 4. The zero-order valence-corrected chi connectivity index (χ0v) is 18.9. The van der Waals surface area contributed by atoms with Gasteiger partial charge >= 0.3 is 0 Å². The van der Waals surface area contributed by atoms with Gasteiger partial charge in [0.1, 0.15) is 11.6 Å². The molecular weight excluding hydrogens is 415 g/mol. The van der Waals surface area contributed by atoms with Crippen LogP contribution in [-0.4, -0.2) is 57.7 Å². The highest BCUT2D eigenvalue weighted by Gasteiger charge is 2.26. The number of imidazole rings is 1. The van der Waals surface area contributed by atoms with Gasteiger partial charge in [0.15, 0.2) is 5.82 Å². The number of anilines is 1. The van der Waals surface area contributed by atoms with Gasteiger partial charge in [-0.05, 0) is 62.3 Å². The molecule has 0 unspecified atom stereocenters. The standard InChI is InChI=1S/C26H27FN6/c1-30(2)14-18-9-11-31(15-18)25-8-7-23-22(29-25)17-32-16-20(19-3-5-21(27)6-4-19)13-24(32)26-28-10-12-33(23)26/h3-8,10,12-13,16,18H,9,11,14-15,17H2,1-2H3/t18-/m0/s1. The Morgan fingerprint density at radius 1 is 1.09 bits per heavy atom. The second kappa shape index (κ2) is 7.85. The van der Waals surface area contributed by atoms with E-state index in [9.17, 15) is 4.39 Å². The lowest BCUT2D eigenvalue weighted by Crippen LogP contribution is -2.26. The van der Waals surface area contributed by atoms with Crippen molar-refractivity contribution in [2.45, 2.75) is 13.0 Å². The molecule has 4 aromatic rings. The van der Waals surface area contributed by atoms with Crippen LogP contribution in [0, 0.1) is 11.7 Å². The Morgan fingerprint density at radius 3 is 2.76 bits per heavy atom. The molecule has 6 rings (SSSR count). The van der Waals surface area contributed by atoms with Crippen molar-refractivity contribution in [1.29, 1.82) is 0 Å². The van der Waals surface area contributed by atoms with Gasteiger partial charge in [-0.2, -0.15) is 0 Å². The number of fused-ring (bicyclic) bond motifs is 5. The summed E-state index contributed by atoms with van der Waals surface area (Å²) in [6, 6.07) is 13.1. The lowest BCUT2D eigenvalue weighted by atomic mass is 10.1. The van der Waals surface area contributed by atoms with Crippen LogP contribution in [-0.2, 0) is 6.54 Å². The van der Waals surface area contributed by atoms with E-state index in [1.807, 2.05) is 24.5 Å². The van der Waals surface area contributed by atoms with Gasteiger partial charge in [-0.1, -0.05) is 12.1 Å². The van der Waals surface area contributed by atoms with Crippen LogP contribution in [0.15, 0.2) is 61.1 Å². The molecule has 1 atom stereocenters. The first-order chi connectivity index (χ1) is 16.0. The van der Waals surface area contributed by atoms with Crippen molar-refractivity contribution in [2.24, 2.45) is 5.92 Å². The Labute approximate surface area is 192 Å². The molecule has 2 aliphatic heterocycles. The molecule has 0 aliphatic carbocycles. The van der Waals surface area contributed by atoms with Gasteiger partial charge in [-0.15, -0.1) is 0 Å². The van der Waals surface area contributed by atoms with E-state index in [2.05, 4.69) is 62.4 Å². The van der Waals surface area contributed by atoms with Gasteiger partial charge in [0.05, 0.1) is 23.6 Å². The molecule has 33 heavy (non-hydrogen) atoms. The van der Waals surface area contributed by atoms with Crippen molar-refractivity contribution in [1.82, 2.24) is 24.0 Å². The van der Waals surface area contributed by atoms with Gasteiger partial charge in [0, 0.05) is 43.8 Å². The first-order valence-electron chi connectivity index (χ1n) is 11.4. The maximum Gasteiger partial charge on any atom is 0.161 e. The van der Waals surface area contributed by atoms with Crippen LogP contribution in [0.25, 0.3) is 28.3 Å². The maximum atomic E-state index is 13.4. The van der Waals surface area contributed by atoms with Crippen molar-refractivity contribution in [3.05, 3.63) is 72.6 Å². The van der Waals surface area contributed by atoms with Crippen LogP contribution in [0.4, 0.5) is 10.2 Å². The first kappa shape index (κ1) is 20.2. The number of halogens is 1. The highest BCUT2D eigenvalue weighted by atomic mass is 19.1. The number of nitrogens with zero attached hydrogens (tertiary/aromatic N) is 6. The molecule has 1 fully saturated rings. The number of aromatic nitrogens is 4. The summed E-state index contributed by atoms with van der Waals surface area (Å²) in [6.45, 7) is 3.87. The SMILES string of the molecule is CN(C)C[C@@H]1CCN(c2ccc3c(n2)Cn2cc(-c4ccc(F)cc4)cc2-c2nccn2-3)C1. The lowest BCUT2D eigenvalue weighted by Gasteiger charge is -2.21. The van der Waals surface area contributed by atoms with Crippen LogP contribution in [0.5, 0.6) is 0 Å². The molecule has 3 aromatic heterocycles. The molecule has 5 heterocycles. The fraction of sp³-hybridized carbons (Fsp3) is 0.308. The monoisotopic (exact) mass is 442 g/mol. The summed E-state index contributed by atoms with van der Waals surface area (Å²) in [4.78, 5) is 14.5. The van der Waals surface area contributed by atoms with Crippen LogP contribution in [0.2, 0.25) is 0 Å². The molecule has 0 N–H and O–H groups in total. The average molecular weight is 443 g/mol. The van der Waals surface area contributed by atoms with Crippen LogP contribution in [0.3, 0.4) is 0 Å². The van der Waals surface area contributed by atoms with E-state index < -0.39 is 0 Å². The van der Waals surface area contributed by atoms with Crippen LogP contribution in [0.1, 0.15) is 12.1 Å². The number of benzene rings is 1. The highest BCUT2D eigenvalue weighted by Crippen LogP contribution is 2.34. The summed E-state index contributed by atoms with van der Waals surface area (Å²) in [7, 11) is 4.28. The van der Waals surface area contributed by atoms with E-state index in [1.54, 1.807) is 0 Å². The third-order valence-electron chi connectivity index (χ3n) is 6.69. The molecular formula is C26H27FN6. The zero-order chi connectivity index (χ0) is 22.5. The Morgan fingerprint density at radius 2 is 1.94 bits per heavy atom. The minimum atomic E-state index is -0.226. The number of rotatable bonds is 4. The van der Waals surface area contributed by atoms with Gasteiger partial charge in [0.25, 0.3) is 0 Å². The lowest BCUT2D eigenvalue weighted by molar-refractivity contribution is 0.340. The molecule has 0 spiro atoms. The Hall–Kier alpha value is -3.45. The fourth-order valence-electron chi connectivity index (χ4n) is 5.18. The van der Waals surface area contributed by atoms with E-state index in [4.69, 9.17) is 4.98 Å². The Bertz CT molecular complexity index is 1300. The molecule has 1 aromatic carbocycles. The molecule has 0 saturated carbocycles. The predicted octanol–water partition coefficient (Wildman–Crippen LogP) is 4.29. The first-order valence-corrected chi connectivity index (χ1v) is 11.4. The summed E-state index contributed by atoms with van der Waals surface area (Å²) in [5.41, 5.74) is 5.17. The molecule has 0 amide bonds. The van der Waals surface area contributed by atoms with Gasteiger partial charge < -0.3 is 14.4 Å². The summed E-state index contributed by atoms with van der Waals surface area (Å²) >= 11 is 0. The normalized spacial score (nSPS) is 17.1. The third-order valence-corrected chi connectivity index (χ3v) is 6.69. The Kier molecular flexibility index (Phi) is 4.80. The van der Waals surface area contributed by atoms with Gasteiger partial charge in [0.2, 0.25) is 0 Å². The predicted molar refractivity (Wildman–Crippen MR) is 128 cm³/mol. The molecule has 1 saturated heterocycles. The minimum absolute atomic E-state index is 0.226. The topological polar surface area (TPSA) is 42.1 Å². The summed E-state index contributed by atoms with van der Waals surface area (Å²) < 4.78 is 17.8. The van der Waals surface area contributed by atoms with E-state index in [0.29, 0.717) is 12.5 Å². The number of hydrogen-bond donors (Lipinski definition) is 0. The zero-order valence-electron chi connectivity index (χ0n) is 18.9. The van der Waals surface area contributed by atoms with Gasteiger partial charge in [-0.25, -0.2) is 14.4 Å². The highest BCUT2D eigenvalue weighted by molar-refractivity contribution is 5.71. The van der Waals surface area contributed by atoms with Gasteiger partial charge in [-0.3, -0.25) is 4.57 Å². The second-order valence-electron chi connectivity index (χ2n) is 9.37. The summed E-state index contributed by atoms with van der Waals surface area (Å²) in [5, 5.41) is 0. The fourth-order valence-corrected chi connectivity index (χ4v) is 5.18. The second-order valence-corrected chi connectivity index (χ2v) is 9.37. The van der Waals surface area contributed by atoms with E-state index in [-0.39, 0.29) is 5.82 Å². The average Bonchev–Trinajstić information content (AvgIpc) is 3.53. The molecule has 168 valence electrons. The quantitative estimate of drug-likeness (QED) is 0.416. The van der Waals surface area contributed by atoms with Crippen LogP contribution < -0.4 is 4.90 Å². The Balaban J connectivity index is 1.37. The summed E-state index contributed by atoms with van der Waals surface area (Å²) in [6.07, 6.45) is 7.15. The number of pyridine rings is 1. The molecule has 6 nitrogen and oxygen atoms in total. The minimum Gasteiger partial charge on any atom is -0.356 e. The molecule has 0 radical (unpaired) electrons. The van der Waals surface area contributed by atoms with Crippen LogP contribution >= 0.6 is 0 Å². The van der Waals surface area contributed by atoms with E-state index in [1.165, 1.54) is 18.6 Å². The van der Waals surface area contributed by atoms with Crippen molar-refractivity contribution in [2.75, 3.05) is 38.6 Å². The van der Waals surface area contributed by atoms with Crippen molar-refractivity contribution in [3.63, 3.8) is 0 Å². The molecule has 7 heteroatoms. The van der Waals surface area contributed by atoms with E-state index >= 15 is 0 Å². The van der Waals surface area contributed by atoms with Crippen molar-refractivity contribution >= 4 is 5.82 Å².